The van der Waals surface area contributed by atoms with E-state index in [4.69, 9.17) is 4.99 Å². The lowest BCUT2D eigenvalue weighted by Crippen LogP contribution is -2.43. The number of aromatic nitrogens is 2. The molecular formula is C22H32BrN5. The van der Waals surface area contributed by atoms with Crippen LogP contribution in [-0.4, -0.2) is 34.9 Å². The molecule has 1 aromatic heterocycles. The van der Waals surface area contributed by atoms with Gasteiger partial charge in [0, 0.05) is 35.2 Å². The zero-order valence-electron chi connectivity index (χ0n) is 17.6. The molecule has 1 aliphatic carbocycles. The Hall–Kier alpha value is -1.82. The Morgan fingerprint density at radius 1 is 1.36 bits per heavy atom. The van der Waals surface area contributed by atoms with Crippen molar-refractivity contribution in [1.82, 2.24) is 20.4 Å². The normalized spacial score (nSPS) is 16.7. The van der Waals surface area contributed by atoms with Gasteiger partial charge in [-0.25, -0.2) is 0 Å². The maximum absolute atomic E-state index is 4.94. The summed E-state index contributed by atoms with van der Waals surface area (Å²) in [4.78, 5) is 4.94. The van der Waals surface area contributed by atoms with Crippen LogP contribution in [0.15, 0.2) is 33.7 Å². The summed E-state index contributed by atoms with van der Waals surface area (Å²) in [6.45, 7) is 10.2. The number of aryl methyl sites for hydroxylation is 2. The van der Waals surface area contributed by atoms with Gasteiger partial charge in [-0.2, -0.15) is 5.10 Å². The maximum atomic E-state index is 4.94. The Morgan fingerprint density at radius 3 is 2.68 bits per heavy atom. The van der Waals surface area contributed by atoms with E-state index in [0.717, 1.165) is 35.6 Å². The molecule has 1 saturated carbocycles. The fourth-order valence-electron chi connectivity index (χ4n) is 3.76. The van der Waals surface area contributed by atoms with Crippen molar-refractivity contribution in [3.05, 3.63) is 51.3 Å². The van der Waals surface area contributed by atoms with E-state index in [1.807, 2.05) is 11.7 Å². The second kappa shape index (κ2) is 8.68. The molecule has 1 atom stereocenters. The Balaban J connectivity index is 1.67. The van der Waals surface area contributed by atoms with Crippen molar-refractivity contribution in [3.8, 4) is 0 Å². The summed E-state index contributed by atoms with van der Waals surface area (Å²) in [7, 11) is 2.01. The average Bonchev–Trinajstić information content (AvgIpc) is 3.40. The van der Waals surface area contributed by atoms with E-state index in [1.54, 1.807) is 0 Å². The predicted octanol–water partition coefficient (Wildman–Crippen LogP) is 4.02. The highest BCUT2D eigenvalue weighted by Gasteiger charge is 2.44. The van der Waals surface area contributed by atoms with Crippen LogP contribution in [-0.2, 0) is 18.9 Å². The molecule has 3 rings (SSSR count). The molecule has 0 amide bonds. The van der Waals surface area contributed by atoms with Crippen LogP contribution in [0.2, 0.25) is 0 Å². The van der Waals surface area contributed by atoms with Gasteiger partial charge in [-0.1, -0.05) is 28.1 Å². The number of guanidine groups is 1. The van der Waals surface area contributed by atoms with Crippen LogP contribution in [0.1, 0.15) is 49.2 Å². The molecule has 5 nitrogen and oxygen atoms in total. The maximum Gasteiger partial charge on any atom is 0.191 e. The van der Waals surface area contributed by atoms with E-state index in [1.165, 1.54) is 29.7 Å². The Kier molecular flexibility index (Phi) is 6.48. The summed E-state index contributed by atoms with van der Waals surface area (Å²) in [5, 5.41) is 11.5. The van der Waals surface area contributed by atoms with Gasteiger partial charge in [-0.3, -0.25) is 9.67 Å². The van der Waals surface area contributed by atoms with Crippen LogP contribution in [0.4, 0.5) is 0 Å². The van der Waals surface area contributed by atoms with Gasteiger partial charge >= 0.3 is 0 Å². The molecule has 0 aliphatic heterocycles. The smallest absolute Gasteiger partial charge is 0.191 e. The van der Waals surface area contributed by atoms with Gasteiger partial charge in [-0.15, -0.1) is 0 Å². The number of nitrogens with zero attached hydrogens (tertiary/aromatic N) is 3. The van der Waals surface area contributed by atoms with Crippen molar-refractivity contribution in [2.45, 2.75) is 58.4 Å². The van der Waals surface area contributed by atoms with Gasteiger partial charge < -0.3 is 10.6 Å². The second-order valence-electron chi connectivity index (χ2n) is 8.01. The number of nitrogens with one attached hydrogen (secondary N) is 2. The molecule has 0 saturated heterocycles. The Morgan fingerprint density at radius 2 is 2.11 bits per heavy atom. The van der Waals surface area contributed by atoms with Crippen LogP contribution < -0.4 is 10.6 Å². The summed E-state index contributed by atoms with van der Waals surface area (Å²) in [5.41, 5.74) is 5.26. The van der Waals surface area contributed by atoms with Crippen molar-refractivity contribution in [2.75, 3.05) is 13.1 Å². The summed E-state index contributed by atoms with van der Waals surface area (Å²) < 4.78 is 3.10. The number of hydrogen-bond donors (Lipinski definition) is 2. The molecule has 2 N–H and O–H groups in total. The molecule has 0 bridgehead atoms. The van der Waals surface area contributed by atoms with E-state index >= 15 is 0 Å². The molecule has 1 aromatic carbocycles. The van der Waals surface area contributed by atoms with Crippen LogP contribution in [0.5, 0.6) is 0 Å². The number of rotatable bonds is 7. The van der Waals surface area contributed by atoms with Crippen LogP contribution in [0.3, 0.4) is 0 Å². The van der Waals surface area contributed by atoms with Gasteiger partial charge in [0.25, 0.3) is 0 Å². The largest absolute Gasteiger partial charge is 0.357 e. The summed E-state index contributed by atoms with van der Waals surface area (Å²) in [6, 6.07) is 8.94. The zero-order valence-corrected chi connectivity index (χ0v) is 19.2. The zero-order chi connectivity index (χ0) is 20.3. The second-order valence-corrected chi connectivity index (χ2v) is 8.92. The molecule has 1 fully saturated rings. The highest BCUT2D eigenvalue weighted by molar-refractivity contribution is 9.10. The van der Waals surface area contributed by atoms with Gasteiger partial charge in [0.1, 0.15) is 0 Å². The lowest BCUT2D eigenvalue weighted by atomic mass is 9.96. The highest BCUT2D eigenvalue weighted by atomic mass is 79.9. The average molecular weight is 446 g/mol. The van der Waals surface area contributed by atoms with E-state index in [9.17, 15) is 0 Å². The van der Waals surface area contributed by atoms with E-state index in [0.29, 0.717) is 0 Å². The molecule has 6 heteroatoms. The molecule has 1 aliphatic rings. The molecule has 28 heavy (non-hydrogen) atoms. The minimum atomic E-state index is 0.200. The van der Waals surface area contributed by atoms with Crippen LogP contribution in [0.25, 0.3) is 0 Å². The fourth-order valence-corrected chi connectivity index (χ4v) is 4.16. The highest BCUT2D eigenvalue weighted by Crippen LogP contribution is 2.48. The first-order chi connectivity index (χ1) is 13.3. The van der Waals surface area contributed by atoms with Gasteiger partial charge in [0.05, 0.1) is 12.2 Å². The lowest BCUT2D eigenvalue weighted by Gasteiger charge is -2.20. The lowest BCUT2D eigenvalue weighted by molar-refractivity contribution is 0.627. The third-order valence-corrected chi connectivity index (χ3v) is 6.22. The van der Waals surface area contributed by atoms with E-state index in [-0.39, 0.29) is 11.5 Å². The van der Waals surface area contributed by atoms with Crippen molar-refractivity contribution >= 4 is 21.9 Å². The molecular weight excluding hydrogens is 414 g/mol. The third-order valence-electron chi connectivity index (χ3n) is 5.73. The summed E-state index contributed by atoms with van der Waals surface area (Å²) >= 11 is 3.60. The first-order valence-corrected chi connectivity index (χ1v) is 10.9. The number of halogens is 1. The number of aliphatic imine (C=N–C) groups is 1. The number of benzene rings is 1. The molecule has 152 valence electrons. The molecule has 1 heterocycles. The SMILES string of the molecule is CCNC(=NCC1(c2cccc(Br)c2)CC1)NC(C)Cc1c(C)nn(C)c1C. The molecule has 0 radical (unpaired) electrons. The summed E-state index contributed by atoms with van der Waals surface area (Å²) in [6.07, 6.45) is 3.35. The summed E-state index contributed by atoms with van der Waals surface area (Å²) in [5.74, 6) is 0.899. The van der Waals surface area contributed by atoms with Crippen LogP contribution >= 0.6 is 15.9 Å². The van der Waals surface area contributed by atoms with Crippen LogP contribution in [0, 0.1) is 13.8 Å². The van der Waals surface area contributed by atoms with Crippen molar-refractivity contribution in [1.29, 1.82) is 0 Å². The fraction of sp³-hybridized carbons (Fsp3) is 0.545. The number of hydrogen-bond acceptors (Lipinski definition) is 2. The predicted molar refractivity (Wildman–Crippen MR) is 120 cm³/mol. The minimum Gasteiger partial charge on any atom is -0.357 e. The first-order valence-electron chi connectivity index (χ1n) is 10.1. The van der Waals surface area contributed by atoms with Gasteiger partial charge in [-0.05, 0) is 70.2 Å². The Bertz CT molecular complexity index is 851. The minimum absolute atomic E-state index is 0.200. The quantitative estimate of drug-likeness (QED) is 0.499. The molecule has 1 unspecified atom stereocenters. The van der Waals surface area contributed by atoms with E-state index in [2.05, 4.69) is 83.6 Å². The van der Waals surface area contributed by atoms with Gasteiger partial charge in [0.2, 0.25) is 0 Å². The van der Waals surface area contributed by atoms with Crippen molar-refractivity contribution in [3.63, 3.8) is 0 Å². The van der Waals surface area contributed by atoms with Crippen molar-refractivity contribution in [2.24, 2.45) is 12.0 Å². The first kappa shape index (κ1) is 20.9. The van der Waals surface area contributed by atoms with Gasteiger partial charge in [0.15, 0.2) is 5.96 Å². The standard InChI is InChI=1S/C22H32BrN5/c1-6-24-21(26-15(2)12-20-16(3)27-28(5)17(20)4)25-14-22(10-11-22)18-8-7-9-19(23)13-18/h7-9,13,15H,6,10-12,14H2,1-5H3,(H2,24,25,26). The van der Waals surface area contributed by atoms with E-state index < -0.39 is 0 Å². The Labute approximate surface area is 177 Å². The molecule has 0 spiro atoms. The van der Waals surface area contributed by atoms with Crippen molar-refractivity contribution < 1.29 is 0 Å². The third kappa shape index (κ3) is 4.77. The topological polar surface area (TPSA) is 54.2 Å². The molecule has 2 aromatic rings. The monoisotopic (exact) mass is 445 g/mol.